The van der Waals surface area contributed by atoms with E-state index >= 15 is 0 Å². The van der Waals surface area contributed by atoms with Gasteiger partial charge in [0.1, 0.15) is 0 Å². The van der Waals surface area contributed by atoms with Gasteiger partial charge in [-0.15, -0.1) is 0 Å². The lowest BCUT2D eigenvalue weighted by Gasteiger charge is -2.07. The van der Waals surface area contributed by atoms with Crippen molar-refractivity contribution in [2.45, 2.75) is 19.3 Å². The number of carbonyl (C=O) groups is 1. The van der Waals surface area contributed by atoms with Crippen molar-refractivity contribution >= 4 is 5.97 Å². The van der Waals surface area contributed by atoms with Crippen molar-refractivity contribution in [1.29, 1.82) is 0 Å². The van der Waals surface area contributed by atoms with Gasteiger partial charge in [-0.3, -0.25) is 4.79 Å². The van der Waals surface area contributed by atoms with E-state index in [0.29, 0.717) is 0 Å². The van der Waals surface area contributed by atoms with Gasteiger partial charge in [0.2, 0.25) is 0 Å². The number of hydrogen-bond donors (Lipinski definition) is 2. The van der Waals surface area contributed by atoms with Crippen molar-refractivity contribution in [2.24, 2.45) is 0 Å². The van der Waals surface area contributed by atoms with Crippen molar-refractivity contribution in [2.75, 3.05) is 0 Å². The summed E-state index contributed by atoms with van der Waals surface area (Å²) in [5, 5.41) is 8.91. The topological polar surface area (TPSA) is 53.1 Å². The fourth-order valence-electron chi connectivity index (χ4n) is 1.77. The predicted molar refractivity (Wildman–Crippen MR) is 66.1 cm³/mol. The molecule has 1 atom stereocenters. The number of aromatic nitrogens is 1. The first-order valence-corrected chi connectivity index (χ1v) is 5.60. The van der Waals surface area contributed by atoms with Crippen molar-refractivity contribution in [3.8, 4) is 0 Å². The molecule has 0 amide bonds. The zero-order valence-electron chi connectivity index (χ0n) is 9.68. The highest BCUT2D eigenvalue weighted by atomic mass is 16.4. The van der Waals surface area contributed by atoms with Gasteiger partial charge >= 0.3 is 5.97 Å². The quantitative estimate of drug-likeness (QED) is 0.847. The normalized spacial score (nSPS) is 12.3. The molecule has 3 heteroatoms. The smallest absolute Gasteiger partial charge is 0.310 e. The van der Waals surface area contributed by atoms with Crippen LogP contribution in [0, 0.1) is 0 Å². The van der Waals surface area contributed by atoms with Crippen LogP contribution in [0.5, 0.6) is 0 Å². The average Bonchev–Trinajstić information content (AvgIpc) is 2.82. The van der Waals surface area contributed by atoms with E-state index in [1.54, 1.807) is 6.92 Å². The third-order valence-electron chi connectivity index (χ3n) is 2.92. The zero-order valence-corrected chi connectivity index (χ0v) is 9.68. The summed E-state index contributed by atoms with van der Waals surface area (Å²) in [6, 6.07) is 9.79. The highest BCUT2D eigenvalue weighted by molar-refractivity contribution is 5.75. The fraction of sp³-hybridized carbons (Fsp3) is 0.214. The molecule has 1 aromatic carbocycles. The first kappa shape index (κ1) is 11.5. The summed E-state index contributed by atoms with van der Waals surface area (Å²) >= 11 is 0. The second kappa shape index (κ2) is 4.87. The minimum Gasteiger partial charge on any atom is -0.481 e. The largest absolute Gasteiger partial charge is 0.481 e. The lowest BCUT2D eigenvalue weighted by atomic mass is 9.98. The van der Waals surface area contributed by atoms with Crippen LogP contribution in [0.15, 0.2) is 42.7 Å². The number of aromatic amines is 1. The molecule has 0 radical (unpaired) electrons. The maximum atomic E-state index is 10.8. The minimum absolute atomic E-state index is 0.448. The van der Waals surface area contributed by atoms with Crippen LogP contribution in [-0.2, 0) is 11.2 Å². The van der Waals surface area contributed by atoms with Crippen molar-refractivity contribution < 1.29 is 9.90 Å². The standard InChI is InChI=1S/C14H15NO2/c1-10(14(16)17)13-4-2-11(3-5-13)8-12-6-7-15-9-12/h2-7,9-10,15H,8H2,1H3,(H,16,17). The molecule has 1 unspecified atom stereocenters. The molecule has 0 fully saturated rings. The number of carboxylic acid groups (broad SMARTS) is 1. The molecule has 0 saturated carbocycles. The van der Waals surface area contributed by atoms with Gasteiger partial charge in [0, 0.05) is 12.4 Å². The predicted octanol–water partition coefficient (Wildman–Crippen LogP) is 2.79. The Bertz CT molecular complexity index is 485. The summed E-state index contributed by atoms with van der Waals surface area (Å²) in [4.78, 5) is 13.9. The number of hydrogen-bond acceptors (Lipinski definition) is 1. The van der Waals surface area contributed by atoms with Crippen LogP contribution < -0.4 is 0 Å². The Balaban J connectivity index is 2.10. The number of nitrogens with one attached hydrogen (secondary N) is 1. The Kier molecular flexibility index (Phi) is 3.28. The fourth-order valence-corrected chi connectivity index (χ4v) is 1.77. The number of rotatable bonds is 4. The van der Waals surface area contributed by atoms with Gasteiger partial charge in [-0.05, 0) is 36.1 Å². The molecule has 88 valence electrons. The number of carboxylic acids is 1. The molecule has 0 aliphatic heterocycles. The highest BCUT2D eigenvalue weighted by Gasteiger charge is 2.12. The van der Waals surface area contributed by atoms with E-state index < -0.39 is 11.9 Å². The molecule has 0 spiro atoms. The third-order valence-corrected chi connectivity index (χ3v) is 2.92. The van der Waals surface area contributed by atoms with Crippen LogP contribution in [-0.4, -0.2) is 16.1 Å². The number of benzene rings is 1. The molecule has 2 rings (SSSR count). The Hall–Kier alpha value is -2.03. The summed E-state index contributed by atoms with van der Waals surface area (Å²) in [7, 11) is 0. The summed E-state index contributed by atoms with van der Waals surface area (Å²) in [6.07, 6.45) is 4.73. The van der Waals surface area contributed by atoms with Crippen LogP contribution in [0.4, 0.5) is 0 Å². The second-order valence-electron chi connectivity index (χ2n) is 4.20. The Labute approximate surface area is 100 Å². The molecule has 0 aliphatic rings. The van der Waals surface area contributed by atoms with Crippen LogP contribution in [0.1, 0.15) is 29.5 Å². The van der Waals surface area contributed by atoms with E-state index in [-0.39, 0.29) is 0 Å². The maximum Gasteiger partial charge on any atom is 0.310 e. The summed E-state index contributed by atoms with van der Waals surface area (Å²) in [5.74, 6) is -1.24. The van der Waals surface area contributed by atoms with E-state index in [1.807, 2.05) is 42.7 Å². The van der Waals surface area contributed by atoms with Gasteiger partial charge in [-0.25, -0.2) is 0 Å². The minimum atomic E-state index is -0.789. The summed E-state index contributed by atoms with van der Waals surface area (Å²) < 4.78 is 0. The van der Waals surface area contributed by atoms with E-state index in [9.17, 15) is 4.79 Å². The van der Waals surface area contributed by atoms with Gasteiger partial charge in [-0.1, -0.05) is 24.3 Å². The Morgan fingerprint density at radius 2 is 1.94 bits per heavy atom. The van der Waals surface area contributed by atoms with Gasteiger partial charge in [0.15, 0.2) is 0 Å². The monoisotopic (exact) mass is 229 g/mol. The first-order valence-electron chi connectivity index (χ1n) is 5.60. The molecule has 0 aliphatic carbocycles. The lowest BCUT2D eigenvalue weighted by molar-refractivity contribution is -0.138. The van der Waals surface area contributed by atoms with Crippen molar-refractivity contribution in [1.82, 2.24) is 4.98 Å². The van der Waals surface area contributed by atoms with Crippen LogP contribution in [0.25, 0.3) is 0 Å². The van der Waals surface area contributed by atoms with Crippen LogP contribution in [0.2, 0.25) is 0 Å². The third kappa shape index (κ3) is 2.75. The first-order chi connectivity index (χ1) is 8.16. The van der Waals surface area contributed by atoms with Crippen LogP contribution in [0.3, 0.4) is 0 Å². The summed E-state index contributed by atoms with van der Waals surface area (Å²) in [6.45, 7) is 1.70. The van der Waals surface area contributed by atoms with Crippen molar-refractivity contribution in [3.05, 3.63) is 59.4 Å². The molecule has 0 saturated heterocycles. The number of aliphatic carboxylic acids is 1. The van der Waals surface area contributed by atoms with Gasteiger partial charge in [0.05, 0.1) is 5.92 Å². The average molecular weight is 229 g/mol. The van der Waals surface area contributed by atoms with E-state index in [4.69, 9.17) is 5.11 Å². The van der Waals surface area contributed by atoms with Gasteiger partial charge in [0.25, 0.3) is 0 Å². The van der Waals surface area contributed by atoms with E-state index in [1.165, 1.54) is 11.1 Å². The zero-order chi connectivity index (χ0) is 12.3. The number of H-pyrrole nitrogens is 1. The molecular weight excluding hydrogens is 214 g/mol. The molecular formula is C14H15NO2. The molecule has 1 heterocycles. The van der Waals surface area contributed by atoms with E-state index in [0.717, 1.165) is 12.0 Å². The second-order valence-corrected chi connectivity index (χ2v) is 4.20. The SMILES string of the molecule is CC(C(=O)O)c1ccc(Cc2cc[nH]c2)cc1. The molecule has 0 bridgehead atoms. The van der Waals surface area contributed by atoms with Crippen LogP contribution >= 0.6 is 0 Å². The molecule has 2 aromatic rings. The molecule has 3 nitrogen and oxygen atoms in total. The summed E-state index contributed by atoms with van der Waals surface area (Å²) in [5.41, 5.74) is 3.25. The molecule has 17 heavy (non-hydrogen) atoms. The Morgan fingerprint density at radius 1 is 1.24 bits per heavy atom. The highest BCUT2D eigenvalue weighted by Crippen LogP contribution is 2.17. The van der Waals surface area contributed by atoms with E-state index in [2.05, 4.69) is 4.98 Å². The van der Waals surface area contributed by atoms with Gasteiger partial charge in [-0.2, -0.15) is 0 Å². The maximum absolute atomic E-state index is 10.8. The van der Waals surface area contributed by atoms with Gasteiger partial charge < -0.3 is 10.1 Å². The van der Waals surface area contributed by atoms with Crippen molar-refractivity contribution in [3.63, 3.8) is 0 Å². The molecule has 1 aromatic heterocycles. The molecule has 2 N–H and O–H groups in total. The Morgan fingerprint density at radius 3 is 2.47 bits per heavy atom. The lowest BCUT2D eigenvalue weighted by Crippen LogP contribution is -2.07.